The van der Waals surface area contributed by atoms with Crippen LogP contribution in [0.1, 0.15) is 17.4 Å². The molecule has 3 rings (SSSR count). The molecule has 0 fully saturated rings. The molecule has 0 saturated carbocycles. The van der Waals surface area contributed by atoms with Crippen LogP contribution in [0.2, 0.25) is 0 Å². The van der Waals surface area contributed by atoms with Gasteiger partial charge < -0.3 is 15.3 Å². The normalized spacial score (nSPS) is 15.0. The third-order valence-electron chi connectivity index (χ3n) is 4.22. The number of para-hydroxylation sites is 1. The standard InChI is InChI=1S/C19H21N3O6S/c1-13-7-9-15(10-8-13)29(26,27)28-12-17(23)19(25)18(24)16-11-20-22(21-16)14-5-3-2-4-6-14/h2-11,17-19,23-25H,12H2,1H3/t17-,18-,19-/m0/s1. The van der Waals surface area contributed by atoms with Crippen molar-refractivity contribution in [1.82, 2.24) is 15.0 Å². The minimum Gasteiger partial charge on any atom is -0.388 e. The van der Waals surface area contributed by atoms with Gasteiger partial charge in [0, 0.05) is 0 Å². The Labute approximate surface area is 167 Å². The number of nitrogens with zero attached hydrogens (tertiary/aromatic N) is 3. The topological polar surface area (TPSA) is 135 Å². The Morgan fingerprint density at radius 2 is 1.69 bits per heavy atom. The van der Waals surface area contributed by atoms with Gasteiger partial charge in [-0.15, -0.1) is 0 Å². The molecule has 1 heterocycles. The van der Waals surface area contributed by atoms with Gasteiger partial charge in [0.25, 0.3) is 10.1 Å². The smallest absolute Gasteiger partial charge is 0.297 e. The highest BCUT2D eigenvalue weighted by Crippen LogP contribution is 2.19. The number of aryl methyl sites for hydroxylation is 1. The molecule has 3 atom stereocenters. The summed E-state index contributed by atoms with van der Waals surface area (Å²) in [5, 5.41) is 38.6. The number of aromatic nitrogens is 3. The Morgan fingerprint density at radius 1 is 1.03 bits per heavy atom. The first-order chi connectivity index (χ1) is 13.8. The summed E-state index contributed by atoms with van der Waals surface area (Å²) in [5.74, 6) is 0. The lowest BCUT2D eigenvalue weighted by molar-refractivity contribution is -0.0749. The lowest BCUT2D eigenvalue weighted by Gasteiger charge is -2.21. The first-order valence-corrected chi connectivity index (χ1v) is 10.2. The van der Waals surface area contributed by atoms with Gasteiger partial charge in [0.2, 0.25) is 0 Å². The van der Waals surface area contributed by atoms with Gasteiger partial charge in [-0.1, -0.05) is 35.9 Å². The van der Waals surface area contributed by atoms with Crippen LogP contribution < -0.4 is 0 Å². The maximum Gasteiger partial charge on any atom is 0.297 e. The van der Waals surface area contributed by atoms with Gasteiger partial charge in [0.15, 0.2) is 0 Å². The summed E-state index contributed by atoms with van der Waals surface area (Å²) in [5.41, 5.74) is 1.54. The molecule has 0 aliphatic carbocycles. The van der Waals surface area contributed by atoms with Crippen molar-refractivity contribution in [2.75, 3.05) is 6.61 Å². The van der Waals surface area contributed by atoms with Gasteiger partial charge in [0.05, 0.1) is 23.4 Å². The molecule has 154 valence electrons. The van der Waals surface area contributed by atoms with E-state index in [0.29, 0.717) is 5.69 Å². The molecule has 0 aliphatic rings. The Bertz CT molecular complexity index is 1040. The van der Waals surface area contributed by atoms with Crippen LogP contribution >= 0.6 is 0 Å². The second-order valence-corrected chi connectivity index (χ2v) is 8.06. The highest BCUT2D eigenvalue weighted by molar-refractivity contribution is 7.86. The minimum atomic E-state index is -4.11. The quantitative estimate of drug-likeness (QED) is 0.455. The molecule has 0 radical (unpaired) electrons. The molecular formula is C19H21N3O6S. The van der Waals surface area contributed by atoms with E-state index in [0.717, 1.165) is 5.56 Å². The zero-order valence-corrected chi connectivity index (χ0v) is 16.3. The second-order valence-electron chi connectivity index (χ2n) is 6.45. The van der Waals surface area contributed by atoms with Gasteiger partial charge in [-0.05, 0) is 31.2 Å². The van der Waals surface area contributed by atoms with Crippen LogP contribution in [0.3, 0.4) is 0 Å². The Kier molecular flexibility index (Phi) is 6.40. The summed E-state index contributed by atoms with van der Waals surface area (Å²) >= 11 is 0. The number of rotatable bonds is 8. The molecule has 9 nitrogen and oxygen atoms in total. The van der Waals surface area contributed by atoms with Crippen molar-refractivity contribution < 1.29 is 27.9 Å². The van der Waals surface area contributed by atoms with E-state index in [4.69, 9.17) is 4.18 Å². The molecule has 0 spiro atoms. The van der Waals surface area contributed by atoms with Crippen molar-refractivity contribution in [2.24, 2.45) is 0 Å². The number of hydrogen-bond donors (Lipinski definition) is 3. The summed E-state index contributed by atoms with van der Waals surface area (Å²) in [4.78, 5) is 1.19. The van der Waals surface area contributed by atoms with Crippen LogP contribution in [-0.4, -0.2) is 57.5 Å². The first kappa shape index (κ1) is 21.1. The molecule has 10 heteroatoms. The van der Waals surface area contributed by atoms with Gasteiger partial charge in [-0.25, -0.2) is 0 Å². The van der Waals surface area contributed by atoms with Gasteiger partial charge >= 0.3 is 0 Å². The lowest BCUT2D eigenvalue weighted by atomic mass is 10.1. The van der Waals surface area contributed by atoms with Crippen molar-refractivity contribution in [2.45, 2.75) is 30.1 Å². The zero-order chi connectivity index (χ0) is 21.0. The number of hydrogen-bond acceptors (Lipinski definition) is 8. The highest BCUT2D eigenvalue weighted by atomic mass is 32.2. The molecule has 3 aromatic rings. The van der Waals surface area contributed by atoms with E-state index in [1.165, 1.54) is 23.1 Å². The summed E-state index contributed by atoms with van der Waals surface area (Å²) in [7, 11) is -4.11. The van der Waals surface area contributed by atoms with E-state index in [2.05, 4.69) is 10.2 Å². The maximum atomic E-state index is 12.2. The summed E-state index contributed by atoms with van der Waals surface area (Å²) in [6.07, 6.45) is -3.75. The predicted molar refractivity (Wildman–Crippen MR) is 103 cm³/mol. The first-order valence-electron chi connectivity index (χ1n) is 8.76. The number of aliphatic hydroxyl groups is 3. The Morgan fingerprint density at radius 3 is 2.34 bits per heavy atom. The van der Waals surface area contributed by atoms with Crippen molar-refractivity contribution >= 4 is 10.1 Å². The number of benzene rings is 2. The second kappa shape index (κ2) is 8.80. The molecule has 2 aromatic carbocycles. The van der Waals surface area contributed by atoms with Gasteiger partial charge in [-0.3, -0.25) is 4.18 Å². The van der Waals surface area contributed by atoms with E-state index in [1.54, 1.807) is 36.4 Å². The average molecular weight is 419 g/mol. The largest absolute Gasteiger partial charge is 0.388 e. The molecule has 29 heavy (non-hydrogen) atoms. The molecule has 0 bridgehead atoms. The van der Waals surface area contributed by atoms with Crippen LogP contribution in [-0.2, 0) is 14.3 Å². The van der Waals surface area contributed by atoms with Crippen LogP contribution in [0.15, 0.2) is 65.7 Å². The minimum absolute atomic E-state index is 0.0156. The van der Waals surface area contributed by atoms with Crippen LogP contribution in [0.4, 0.5) is 0 Å². The molecule has 0 saturated heterocycles. The van der Waals surface area contributed by atoms with Gasteiger partial charge in [-0.2, -0.15) is 23.4 Å². The van der Waals surface area contributed by atoms with Crippen LogP contribution in [0.25, 0.3) is 5.69 Å². The fourth-order valence-electron chi connectivity index (χ4n) is 2.51. The summed E-state index contributed by atoms with van der Waals surface area (Å²) in [6, 6.07) is 14.9. The molecule has 0 unspecified atom stereocenters. The molecule has 3 N–H and O–H groups in total. The monoisotopic (exact) mass is 419 g/mol. The molecule has 0 amide bonds. The van der Waals surface area contributed by atoms with E-state index in [9.17, 15) is 23.7 Å². The van der Waals surface area contributed by atoms with Crippen molar-refractivity contribution in [1.29, 1.82) is 0 Å². The SMILES string of the molecule is Cc1ccc(S(=O)(=O)OC[C@H](O)[C@H](O)[C@@H](O)c2cnn(-c3ccccc3)n2)cc1. The lowest BCUT2D eigenvalue weighted by Crippen LogP contribution is -2.36. The van der Waals surface area contributed by atoms with Crippen LogP contribution in [0, 0.1) is 6.92 Å². The fourth-order valence-corrected chi connectivity index (χ4v) is 3.44. The predicted octanol–water partition coefficient (Wildman–Crippen LogP) is 0.736. The molecular weight excluding hydrogens is 398 g/mol. The van der Waals surface area contributed by atoms with Gasteiger partial charge in [0.1, 0.15) is 24.0 Å². The fraction of sp³-hybridized carbons (Fsp3) is 0.263. The van der Waals surface area contributed by atoms with E-state index < -0.39 is 35.0 Å². The zero-order valence-electron chi connectivity index (χ0n) is 15.5. The van der Waals surface area contributed by atoms with Crippen molar-refractivity contribution in [3.63, 3.8) is 0 Å². The Hall–Kier alpha value is -2.63. The van der Waals surface area contributed by atoms with E-state index in [-0.39, 0.29) is 10.6 Å². The van der Waals surface area contributed by atoms with E-state index in [1.807, 2.05) is 13.0 Å². The number of aliphatic hydroxyl groups excluding tert-OH is 3. The van der Waals surface area contributed by atoms with Crippen LogP contribution in [0.5, 0.6) is 0 Å². The Balaban J connectivity index is 1.63. The van der Waals surface area contributed by atoms with Crippen molar-refractivity contribution in [3.05, 3.63) is 72.1 Å². The van der Waals surface area contributed by atoms with Crippen molar-refractivity contribution in [3.8, 4) is 5.69 Å². The molecule has 0 aliphatic heterocycles. The molecule has 1 aromatic heterocycles. The third-order valence-corrected chi connectivity index (χ3v) is 5.52. The highest BCUT2D eigenvalue weighted by Gasteiger charge is 2.30. The summed E-state index contributed by atoms with van der Waals surface area (Å²) in [6.45, 7) is 1.08. The van der Waals surface area contributed by atoms with E-state index >= 15 is 0 Å². The average Bonchev–Trinajstić information content (AvgIpc) is 3.22. The summed E-state index contributed by atoms with van der Waals surface area (Å²) < 4.78 is 29.1. The third kappa shape index (κ3) is 5.05. The maximum absolute atomic E-state index is 12.2.